The van der Waals surface area contributed by atoms with Crippen LogP contribution in [-0.2, 0) is 9.47 Å². The van der Waals surface area contributed by atoms with Gasteiger partial charge < -0.3 is 29.3 Å². The third-order valence-corrected chi connectivity index (χ3v) is 8.21. The van der Waals surface area contributed by atoms with Crippen LogP contribution >= 0.6 is 0 Å². The lowest BCUT2D eigenvalue weighted by atomic mass is 9.80. The van der Waals surface area contributed by atoms with Gasteiger partial charge >= 0.3 is 6.03 Å². The average molecular weight is 534 g/mol. The Bertz CT molecular complexity index is 1210. The normalized spacial score (nSPS) is 20.5. The van der Waals surface area contributed by atoms with E-state index in [1.807, 2.05) is 43.1 Å². The molecule has 0 aliphatic carbocycles. The van der Waals surface area contributed by atoms with E-state index in [1.165, 1.54) is 0 Å². The number of nitrogens with zero attached hydrogens (tertiary/aromatic N) is 4. The van der Waals surface area contributed by atoms with E-state index in [4.69, 9.17) is 19.2 Å². The molecule has 3 fully saturated rings. The minimum atomic E-state index is -0.447. The van der Waals surface area contributed by atoms with Crippen molar-refractivity contribution in [1.82, 2.24) is 9.88 Å². The number of hydrogen-bond donors (Lipinski definition) is 1. The van der Waals surface area contributed by atoms with Crippen LogP contribution < -0.4 is 15.0 Å². The number of carbonyl (C=O) groups is 1. The quantitative estimate of drug-likeness (QED) is 0.566. The molecule has 1 unspecified atom stereocenters. The molecule has 9 heteroatoms. The van der Waals surface area contributed by atoms with Gasteiger partial charge in [-0.15, -0.1) is 0 Å². The Morgan fingerprint density at radius 2 is 1.85 bits per heavy atom. The first-order valence-corrected chi connectivity index (χ1v) is 14.0. The van der Waals surface area contributed by atoms with E-state index in [-0.39, 0.29) is 18.1 Å². The summed E-state index contributed by atoms with van der Waals surface area (Å²) in [5.41, 5.74) is 4.34. The van der Waals surface area contributed by atoms with E-state index in [0.717, 1.165) is 60.4 Å². The largest absolute Gasteiger partial charge is 0.473 e. The summed E-state index contributed by atoms with van der Waals surface area (Å²) in [7, 11) is 0. The predicted octanol–water partition coefficient (Wildman–Crippen LogP) is 4.86. The van der Waals surface area contributed by atoms with Crippen molar-refractivity contribution in [2.24, 2.45) is 11.3 Å². The molecule has 4 heterocycles. The number of aryl methyl sites for hydroxylation is 1. The summed E-state index contributed by atoms with van der Waals surface area (Å²) in [6.07, 6.45) is 4.52. The second kappa shape index (κ2) is 11.8. The highest BCUT2D eigenvalue weighted by atomic mass is 16.5. The number of ether oxygens (including phenoxy) is 3. The number of nitriles is 1. The smallest absolute Gasteiger partial charge is 0.321 e. The lowest BCUT2D eigenvalue weighted by Gasteiger charge is -2.31. The maximum absolute atomic E-state index is 13.1. The Morgan fingerprint density at radius 3 is 2.59 bits per heavy atom. The molecule has 0 saturated carbocycles. The van der Waals surface area contributed by atoms with Gasteiger partial charge in [-0.3, -0.25) is 0 Å². The van der Waals surface area contributed by atoms with Crippen molar-refractivity contribution in [2.75, 3.05) is 62.8 Å². The van der Waals surface area contributed by atoms with Crippen molar-refractivity contribution >= 4 is 17.4 Å². The average Bonchev–Trinajstić information content (AvgIpc) is 3.47. The number of benzene rings is 1. The Morgan fingerprint density at radius 1 is 1.10 bits per heavy atom. The van der Waals surface area contributed by atoms with Crippen molar-refractivity contribution in [1.29, 1.82) is 5.26 Å². The van der Waals surface area contributed by atoms with E-state index in [0.29, 0.717) is 45.4 Å². The molecule has 1 N–H and O–H groups in total. The Balaban J connectivity index is 1.36. The molecule has 2 amide bonds. The molecule has 5 rings (SSSR count). The molecule has 1 atom stereocenters. The number of rotatable bonds is 6. The molecule has 1 aromatic heterocycles. The number of hydrogen-bond acceptors (Lipinski definition) is 7. The van der Waals surface area contributed by atoms with Gasteiger partial charge in [0.15, 0.2) is 0 Å². The number of aromatic nitrogens is 1. The number of anilines is 2. The molecule has 39 heavy (non-hydrogen) atoms. The number of morpholine rings is 1. The Kier molecular flexibility index (Phi) is 8.24. The maximum Gasteiger partial charge on any atom is 0.321 e. The topological polar surface area (TPSA) is 100.0 Å². The summed E-state index contributed by atoms with van der Waals surface area (Å²) in [6, 6.07) is 10.4. The van der Waals surface area contributed by atoms with Crippen molar-refractivity contribution in [3.8, 4) is 23.1 Å². The lowest BCUT2D eigenvalue weighted by molar-refractivity contribution is 0.0238. The molecule has 3 aliphatic heterocycles. The van der Waals surface area contributed by atoms with Crippen LogP contribution in [0.3, 0.4) is 0 Å². The van der Waals surface area contributed by atoms with E-state index in [1.54, 1.807) is 0 Å². The van der Waals surface area contributed by atoms with Gasteiger partial charge in [0.2, 0.25) is 5.88 Å². The van der Waals surface area contributed by atoms with Gasteiger partial charge in [0.1, 0.15) is 11.8 Å². The zero-order valence-electron chi connectivity index (χ0n) is 23.2. The van der Waals surface area contributed by atoms with Crippen LogP contribution in [-0.4, -0.2) is 74.6 Å². The Hall–Kier alpha value is -3.35. The molecule has 2 aromatic rings. The van der Waals surface area contributed by atoms with Crippen LogP contribution in [0.4, 0.5) is 16.2 Å². The van der Waals surface area contributed by atoms with Crippen molar-refractivity contribution in [2.45, 2.75) is 46.1 Å². The first kappa shape index (κ1) is 27.2. The number of nitrogens with one attached hydrogen (secondary N) is 1. The summed E-state index contributed by atoms with van der Waals surface area (Å²) in [6.45, 7) is 11.5. The first-order chi connectivity index (χ1) is 18.8. The van der Waals surface area contributed by atoms with Crippen molar-refractivity contribution in [3.05, 3.63) is 36.0 Å². The molecule has 0 radical (unpaired) electrons. The van der Waals surface area contributed by atoms with Crippen molar-refractivity contribution < 1.29 is 19.0 Å². The Labute approximate surface area is 231 Å². The monoisotopic (exact) mass is 533 g/mol. The van der Waals surface area contributed by atoms with Gasteiger partial charge in [0.25, 0.3) is 0 Å². The number of likely N-dealkylation sites (tertiary alicyclic amines) is 1. The highest BCUT2D eigenvalue weighted by molar-refractivity contribution is 5.91. The highest BCUT2D eigenvalue weighted by Gasteiger charge is 2.37. The van der Waals surface area contributed by atoms with Crippen LogP contribution in [0, 0.1) is 29.6 Å². The van der Waals surface area contributed by atoms with E-state index in [2.05, 4.69) is 29.3 Å². The molecule has 208 valence electrons. The summed E-state index contributed by atoms with van der Waals surface area (Å²) in [5.74, 6) is 0.826. The molecular formula is C30H39N5O4. The highest BCUT2D eigenvalue weighted by Crippen LogP contribution is 2.36. The summed E-state index contributed by atoms with van der Waals surface area (Å²) >= 11 is 0. The van der Waals surface area contributed by atoms with Gasteiger partial charge in [0, 0.05) is 56.5 Å². The van der Waals surface area contributed by atoms with Crippen LogP contribution in [0.15, 0.2) is 30.5 Å². The zero-order valence-corrected chi connectivity index (χ0v) is 23.2. The van der Waals surface area contributed by atoms with Crippen LogP contribution in [0.2, 0.25) is 0 Å². The number of urea groups is 1. The zero-order chi connectivity index (χ0) is 27.4. The predicted molar refractivity (Wildman–Crippen MR) is 150 cm³/mol. The van der Waals surface area contributed by atoms with Gasteiger partial charge in [-0.2, -0.15) is 5.26 Å². The molecule has 3 saturated heterocycles. The number of amides is 2. The molecule has 0 bridgehead atoms. The van der Waals surface area contributed by atoms with E-state index >= 15 is 0 Å². The second-order valence-corrected chi connectivity index (χ2v) is 11.3. The minimum absolute atomic E-state index is 0.0982. The molecule has 0 spiro atoms. The molecule has 1 aromatic carbocycles. The standard InChI is InChI=1S/C30H39N5O4/c1-21-4-5-24(33-29(36)35-9-6-23(19-35)30(2,3)20-31)17-26(21)22-16-27(34-10-14-38-15-11-34)28(32-18-22)39-25-7-12-37-13-8-25/h4-5,16-18,23,25H,6-15,19H2,1-3H3,(H,33,36). The fraction of sp³-hybridized carbons (Fsp3) is 0.567. The van der Waals surface area contributed by atoms with Crippen LogP contribution in [0.1, 0.15) is 38.7 Å². The summed E-state index contributed by atoms with van der Waals surface area (Å²) in [5, 5.41) is 12.6. The fourth-order valence-electron chi connectivity index (χ4n) is 5.50. The van der Waals surface area contributed by atoms with Gasteiger partial charge in [-0.05, 0) is 62.4 Å². The summed E-state index contributed by atoms with van der Waals surface area (Å²) in [4.78, 5) is 22.0. The SMILES string of the molecule is Cc1ccc(NC(=O)N2CCC(C(C)(C)C#N)C2)cc1-c1cnc(OC2CCOCC2)c(N2CCOCC2)c1. The number of carbonyl (C=O) groups excluding carboxylic acids is 1. The van der Waals surface area contributed by atoms with Crippen molar-refractivity contribution in [3.63, 3.8) is 0 Å². The second-order valence-electron chi connectivity index (χ2n) is 11.3. The van der Waals surface area contributed by atoms with E-state index < -0.39 is 5.41 Å². The van der Waals surface area contributed by atoms with Crippen LogP contribution in [0.5, 0.6) is 5.88 Å². The first-order valence-electron chi connectivity index (χ1n) is 14.0. The molecule has 9 nitrogen and oxygen atoms in total. The van der Waals surface area contributed by atoms with Gasteiger partial charge in [-0.1, -0.05) is 6.07 Å². The maximum atomic E-state index is 13.1. The third-order valence-electron chi connectivity index (χ3n) is 8.21. The third kappa shape index (κ3) is 6.29. The molecular weight excluding hydrogens is 494 g/mol. The summed E-state index contributed by atoms with van der Waals surface area (Å²) < 4.78 is 17.5. The molecule has 3 aliphatic rings. The van der Waals surface area contributed by atoms with Gasteiger partial charge in [-0.25, -0.2) is 9.78 Å². The van der Waals surface area contributed by atoms with Crippen LogP contribution in [0.25, 0.3) is 11.1 Å². The van der Waals surface area contributed by atoms with E-state index in [9.17, 15) is 10.1 Å². The number of pyridine rings is 1. The minimum Gasteiger partial charge on any atom is -0.473 e. The lowest BCUT2D eigenvalue weighted by Crippen LogP contribution is -2.37. The van der Waals surface area contributed by atoms with Gasteiger partial charge in [0.05, 0.1) is 37.9 Å². The fourth-order valence-corrected chi connectivity index (χ4v) is 5.50.